The molecule has 112 valence electrons. The van der Waals surface area contributed by atoms with Crippen molar-refractivity contribution in [3.8, 4) is 22.9 Å². The Hall–Kier alpha value is -1.79. The van der Waals surface area contributed by atoms with Crippen LogP contribution in [0.1, 0.15) is 37.3 Å². The SMILES string of the molecule is CCc1ccc(-c2cc(Br)cc(OC3CCC3)c2C#N)cc1. The fourth-order valence-electron chi connectivity index (χ4n) is 2.61. The molecule has 0 atom stereocenters. The minimum absolute atomic E-state index is 0.261. The van der Waals surface area contributed by atoms with Crippen molar-refractivity contribution in [3.05, 3.63) is 52.0 Å². The Morgan fingerprint density at radius 2 is 1.95 bits per heavy atom. The van der Waals surface area contributed by atoms with Gasteiger partial charge in [-0.15, -0.1) is 0 Å². The molecular weight excluding hydrogens is 338 g/mol. The number of hydrogen-bond donors (Lipinski definition) is 0. The van der Waals surface area contributed by atoms with Gasteiger partial charge in [0.15, 0.2) is 0 Å². The lowest BCUT2D eigenvalue weighted by Crippen LogP contribution is -2.25. The van der Waals surface area contributed by atoms with Gasteiger partial charge in [-0.1, -0.05) is 47.1 Å². The van der Waals surface area contributed by atoms with Gasteiger partial charge in [0, 0.05) is 10.0 Å². The molecule has 0 saturated heterocycles. The number of rotatable bonds is 4. The number of nitrogens with zero attached hydrogens (tertiary/aromatic N) is 1. The van der Waals surface area contributed by atoms with Crippen molar-refractivity contribution in [2.75, 3.05) is 0 Å². The van der Waals surface area contributed by atoms with Crippen LogP contribution in [0, 0.1) is 11.3 Å². The Morgan fingerprint density at radius 1 is 1.23 bits per heavy atom. The van der Waals surface area contributed by atoms with Crippen molar-refractivity contribution in [3.63, 3.8) is 0 Å². The molecule has 0 bridgehead atoms. The van der Waals surface area contributed by atoms with Crippen LogP contribution in [0.25, 0.3) is 11.1 Å². The first-order valence-corrected chi connectivity index (χ1v) is 8.50. The molecule has 0 aromatic heterocycles. The minimum atomic E-state index is 0.261. The largest absolute Gasteiger partial charge is 0.489 e. The van der Waals surface area contributed by atoms with Gasteiger partial charge in [-0.3, -0.25) is 0 Å². The zero-order chi connectivity index (χ0) is 15.5. The maximum Gasteiger partial charge on any atom is 0.139 e. The summed E-state index contributed by atoms with van der Waals surface area (Å²) in [6.45, 7) is 2.14. The van der Waals surface area contributed by atoms with Crippen molar-refractivity contribution < 1.29 is 4.74 Å². The summed E-state index contributed by atoms with van der Waals surface area (Å²) < 4.78 is 6.95. The molecule has 0 heterocycles. The van der Waals surface area contributed by atoms with Crippen molar-refractivity contribution in [2.24, 2.45) is 0 Å². The number of benzene rings is 2. The van der Waals surface area contributed by atoms with Crippen LogP contribution in [0.4, 0.5) is 0 Å². The smallest absolute Gasteiger partial charge is 0.139 e. The summed E-state index contributed by atoms with van der Waals surface area (Å²) >= 11 is 3.54. The van der Waals surface area contributed by atoms with Gasteiger partial charge in [-0.25, -0.2) is 0 Å². The van der Waals surface area contributed by atoms with Crippen molar-refractivity contribution in [2.45, 2.75) is 38.7 Å². The predicted molar refractivity (Wildman–Crippen MR) is 91.9 cm³/mol. The molecule has 1 fully saturated rings. The summed E-state index contributed by atoms with van der Waals surface area (Å²) in [6, 6.07) is 14.6. The lowest BCUT2D eigenvalue weighted by atomic mass is 9.95. The second-order valence-corrected chi connectivity index (χ2v) is 6.58. The normalized spacial score (nSPS) is 14.2. The lowest BCUT2D eigenvalue weighted by Gasteiger charge is -2.27. The molecule has 0 unspecified atom stereocenters. The molecule has 22 heavy (non-hydrogen) atoms. The third kappa shape index (κ3) is 3.03. The summed E-state index contributed by atoms with van der Waals surface area (Å²) in [5.41, 5.74) is 3.89. The fourth-order valence-corrected chi connectivity index (χ4v) is 3.04. The van der Waals surface area contributed by atoms with E-state index in [4.69, 9.17) is 4.74 Å². The molecule has 0 amide bonds. The highest BCUT2D eigenvalue weighted by Crippen LogP contribution is 2.36. The summed E-state index contributed by atoms with van der Waals surface area (Å²) in [5.74, 6) is 0.691. The van der Waals surface area contributed by atoms with E-state index < -0.39 is 0 Å². The van der Waals surface area contributed by atoms with Crippen LogP contribution in [0.15, 0.2) is 40.9 Å². The van der Waals surface area contributed by atoms with E-state index in [1.807, 2.05) is 12.1 Å². The van der Waals surface area contributed by atoms with E-state index in [0.29, 0.717) is 11.3 Å². The van der Waals surface area contributed by atoms with Gasteiger partial charge in [0.2, 0.25) is 0 Å². The Kier molecular flexibility index (Phi) is 4.49. The molecule has 2 aromatic rings. The number of hydrogen-bond acceptors (Lipinski definition) is 2. The highest BCUT2D eigenvalue weighted by Gasteiger charge is 2.22. The van der Waals surface area contributed by atoms with Crippen molar-refractivity contribution in [1.82, 2.24) is 0 Å². The molecule has 0 N–H and O–H groups in total. The predicted octanol–water partition coefficient (Wildman–Crippen LogP) is 5.48. The van der Waals surface area contributed by atoms with Gasteiger partial charge in [0.05, 0.1) is 6.10 Å². The lowest BCUT2D eigenvalue weighted by molar-refractivity contribution is 0.120. The third-order valence-corrected chi connectivity index (χ3v) is 4.66. The van der Waals surface area contributed by atoms with Crippen LogP contribution in [-0.2, 0) is 6.42 Å². The van der Waals surface area contributed by atoms with E-state index in [-0.39, 0.29) is 6.10 Å². The molecule has 2 aromatic carbocycles. The second kappa shape index (κ2) is 6.54. The first-order chi connectivity index (χ1) is 10.7. The number of halogens is 1. The van der Waals surface area contributed by atoms with E-state index >= 15 is 0 Å². The average molecular weight is 356 g/mol. The van der Waals surface area contributed by atoms with Gasteiger partial charge >= 0.3 is 0 Å². The molecule has 2 nitrogen and oxygen atoms in total. The monoisotopic (exact) mass is 355 g/mol. The minimum Gasteiger partial charge on any atom is -0.489 e. The highest BCUT2D eigenvalue weighted by molar-refractivity contribution is 9.10. The molecular formula is C19H18BrNO. The number of nitriles is 1. The van der Waals surface area contributed by atoms with Crippen molar-refractivity contribution >= 4 is 15.9 Å². The van der Waals surface area contributed by atoms with E-state index in [1.165, 1.54) is 12.0 Å². The molecule has 3 heteroatoms. The topological polar surface area (TPSA) is 33.0 Å². The van der Waals surface area contributed by atoms with Gasteiger partial charge in [-0.2, -0.15) is 5.26 Å². The molecule has 3 rings (SSSR count). The first-order valence-electron chi connectivity index (χ1n) is 7.71. The van der Waals surface area contributed by atoms with Crippen LogP contribution in [-0.4, -0.2) is 6.10 Å². The summed E-state index contributed by atoms with van der Waals surface area (Å²) in [5, 5.41) is 9.61. The van der Waals surface area contributed by atoms with Crippen LogP contribution < -0.4 is 4.74 Å². The quantitative estimate of drug-likeness (QED) is 0.727. The molecule has 0 aliphatic heterocycles. The Morgan fingerprint density at radius 3 is 2.50 bits per heavy atom. The van der Waals surface area contributed by atoms with Crippen LogP contribution >= 0.6 is 15.9 Å². The van der Waals surface area contributed by atoms with E-state index in [9.17, 15) is 5.26 Å². The van der Waals surface area contributed by atoms with Gasteiger partial charge in [0.25, 0.3) is 0 Å². The van der Waals surface area contributed by atoms with Crippen LogP contribution in [0.5, 0.6) is 5.75 Å². The van der Waals surface area contributed by atoms with E-state index in [0.717, 1.165) is 34.9 Å². The van der Waals surface area contributed by atoms with Crippen LogP contribution in [0.3, 0.4) is 0 Å². The standard InChI is InChI=1S/C19H18BrNO/c1-2-13-6-8-14(9-7-13)17-10-15(20)11-19(18(17)12-21)22-16-4-3-5-16/h6-11,16H,2-5H2,1H3. The van der Waals surface area contributed by atoms with Crippen LogP contribution in [0.2, 0.25) is 0 Å². The average Bonchev–Trinajstić information content (AvgIpc) is 2.50. The highest BCUT2D eigenvalue weighted by atomic mass is 79.9. The van der Waals surface area contributed by atoms with E-state index in [2.05, 4.69) is 53.2 Å². The Balaban J connectivity index is 2.03. The fraction of sp³-hybridized carbons (Fsp3) is 0.316. The number of aryl methyl sites for hydroxylation is 1. The summed E-state index contributed by atoms with van der Waals surface area (Å²) in [4.78, 5) is 0. The third-order valence-electron chi connectivity index (χ3n) is 4.20. The Labute approximate surface area is 139 Å². The summed E-state index contributed by atoms with van der Waals surface area (Å²) in [6.07, 6.45) is 4.65. The van der Waals surface area contributed by atoms with E-state index in [1.54, 1.807) is 0 Å². The molecule has 1 aliphatic carbocycles. The second-order valence-electron chi connectivity index (χ2n) is 5.66. The Bertz CT molecular complexity index is 711. The number of ether oxygens (including phenoxy) is 1. The zero-order valence-corrected chi connectivity index (χ0v) is 14.2. The maximum atomic E-state index is 9.61. The molecule has 0 spiro atoms. The van der Waals surface area contributed by atoms with Gasteiger partial charge < -0.3 is 4.74 Å². The molecule has 1 saturated carbocycles. The van der Waals surface area contributed by atoms with Gasteiger partial charge in [-0.05, 0) is 48.9 Å². The molecule has 1 aliphatic rings. The first kappa shape index (κ1) is 15.1. The zero-order valence-electron chi connectivity index (χ0n) is 12.6. The maximum absolute atomic E-state index is 9.61. The van der Waals surface area contributed by atoms with Gasteiger partial charge in [0.1, 0.15) is 17.4 Å². The van der Waals surface area contributed by atoms with Crippen molar-refractivity contribution in [1.29, 1.82) is 5.26 Å². The molecule has 0 radical (unpaired) electrons. The summed E-state index contributed by atoms with van der Waals surface area (Å²) in [7, 11) is 0.